The highest BCUT2D eigenvalue weighted by molar-refractivity contribution is 7.95. The molecule has 4 saturated carbocycles. The number of rotatable bonds is 7. The third-order valence-electron chi connectivity index (χ3n) is 7.66. The molecule has 4 fully saturated rings. The highest BCUT2D eigenvalue weighted by Crippen LogP contribution is 2.61. The Kier molecular flexibility index (Phi) is 6.40. The second-order valence-electron chi connectivity index (χ2n) is 10.5. The molecular formula is C27H31N3O4S. The molecule has 0 unspecified atom stereocenters. The fourth-order valence-electron chi connectivity index (χ4n) is 6.71. The first-order valence-corrected chi connectivity index (χ1v) is 13.8. The van der Waals surface area contributed by atoms with Crippen molar-refractivity contribution in [3.05, 3.63) is 71.1 Å². The Morgan fingerprint density at radius 1 is 0.857 bits per heavy atom. The van der Waals surface area contributed by atoms with E-state index in [9.17, 15) is 18.0 Å². The van der Waals surface area contributed by atoms with Crippen LogP contribution in [-0.4, -0.2) is 20.2 Å². The van der Waals surface area contributed by atoms with E-state index in [4.69, 9.17) is 0 Å². The van der Waals surface area contributed by atoms with E-state index in [-0.39, 0.29) is 11.3 Å². The zero-order valence-electron chi connectivity index (χ0n) is 19.6. The van der Waals surface area contributed by atoms with Crippen molar-refractivity contribution in [1.82, 2.24) is 10.9 Å². The number of benzene rings is 2. The predicted molar refractivity (Wildman–Crippen MR) is 135 cm³/mol. The standard InChI is InChI=1S/C27H31N3O4S/c31-25(18-27-15-20-12-21(16-27)14-22(13-20)17-27)28-29-26(32)23-6-8-24(9-7-23)30-35(33,34)11-10-19-4-2-1-3-5-19/h1-11,20-22,30H,12-18H2,(H,28,31)(H,29,32)/b11-10+. The number of anilines is 1. The first-order chi connectivity index (χ1) is 16.8. The third-order valence-corrected chi connectivity index (χ3v) is 8.68. The zero-order valence-corrected chi connectivity index (χ0v) is 20.4. The van der Waals surface area contributed by atoms with Crippen LogP contribution in [0.3, 0.4) is 0 Å². The maximum absolute atomic E-state index is 12.6. The Morgan fingerprint density at radius 3 is 2.06 bits per heavy atom. The van der Waals surface area contributed by atoms with Gasteiger partial charge in [0.25, 0.3) is 15.9 Å². The van der Waals surface area contributed by atoms with E-state index in [1.807, 2.05) is 18.2 Å². The van der Waals surface area contributed by atoms with Crippen LogP contribution in [0.2, 0.25) is 0 Å². The van der Waals surface area contributed by atoms with Crippen molar-refractivity contribution in [1.29, 1.82) is 0 Å². The minimum Gasteiger partial charge on any atom is -0.280 e. The van der Waals surface area contributed by atoms with Gasteiger partial charge in [-0.3, -0.25) is 25.2 Å². The summed E-state index contributed by atoms with van der Waals surface area (Å²) in [6, 6.07) is 15.2. The molecule has 6 rings (SSSR count). The van der Waals surface area contributed by atoms with Gasteiger partial charge in [-0.2, -0.15) is 0 Å². The number of hydrogen-bond acceptors (Lipinski definition) is 4. The van der Waals surface area contributed by atoms with Crippen LogP contribution in [-0.2, 0) is 14.8 Å². The van der Waals surface area contributed by atoms with Crippen LogP contribution in [0.4, 0.5) is 5.69 Å². The lowest BCUT2D eigenvalue weighted by atomic mass is 9.49. The summed E-state index contributed by atoms with van der Waals surface area (Å²) in [6.45, 7) is 0. The molecule has 0 atom stereocenters. The summed E-state index contributed by atoms with van der Waals surface area (Å²) in [7, 11) is -3.70. The molecule has 2 aromatic carbocycles. The van der Waals surface area contributed by atoms with Crippen LogP contribution in [0.15, 0.2) is 60.0 Å². The lowest BCUT2D eigenvalue weighted by Crippen LogP contribution is -2.50. The number of hydrazine groups is 1. The largest absolute Gasteiger partial charge is 0.280 e. The van der Waals surface area contributed by atoms with E-state index in [1.54, 1.807) is 12.1 Å². The minimum absolute atomic E-state index is 0.108. The van der Waals surface area contributed by atoms with E-state index in [2.05, 4.69) is 15.6 Å². The van der Waals surface area contributed by atoms with E-state index < -0.39 is 15.9 Å². The van der Waals surface area contributed by atoms with E-state index >= 15 is 0 Å². The molecule has 2 aromatic rings. The Bertz CT molecular complexity index is 1190. The van der Waals surface area contributed by atoms with Crippen molar-refractivity contribution in [3.8, 4) is 0 Å². The number of sulfonamides is 1. The lowest BCUT2D eigenvalue weighted by Gasteiger charge is -2.56. The van der Waals surface area contributed by atoms with Gasteiger partial charge in [0.2, 0.25) is 5.91 Å². The molecule has 0 aliphatic heterocycles. The lowest BCUT2D eigenvalue weighted by molar-refractivity contribution is -0.130. The molecule has 35 heavy (non-hydrogen) atoms. The van der Waals surface area contributed by atoms with Crippen molar-refractivity contribution in [2.24, 2.45) is 23.2 Å². The number of carbonyl (C=O) groups excluding carboxylic acids is 2. The van der Waals surface area contributed by atoms with Crippen molar-refractivity contribution < 1.29 is 18.0 Å². The maximum atomic E-state index is 12.6. The van der Waals surface area contributed by atoms with E-state index in [0.29, 0.717) is 17.7 Å². The van der Waals surface area contributed by atoms with Crippen molar-refractivity contribution in [2.75, 3.05) is 4.72 Å². The molecule has 0 saturated heterocycles. The number of hydrogen-bond donors (Lipinski definition) is 3. The molecule has 3 N–H and O–H groups in total. The summed E-state index contributed by atoms with van der Waals surface area (Å²) < 4.78 is 27.1. The molecule has 0 heterocycles. The smallest absolute Gasteiger partial charge is 0.269 e. The van der Waals surface area contributed by atoms with Gasteiger partial charge in [0.1, 0.15) is 0 Å². The van der Waals surface area contributed by atoms with Crippen LogP contribution in [0.5, 0.6) is 0 Å². The Balaban J connectivity index is 1.12. The van der Waals surface area contributed by atoms with Crippen LogP contribution < -0.4 is 15.6 Å². The summed E-state index contributed by atoms with van der Waals surface area (Å²) in [4.78, 5) is 25.1. The molecule has 8 heteroatoms. The van der Waals surface area contributed by atoms with Crippen LogP contribution >= 0.6 is 0 Å². The molecule has 7 nitrogen and oxygen atoms in total. The second-order valence-corrected chi connectivity index (χ2v) is 12.1. The van der Waals surface area contributed by atoms with Gasteiger partial charge in [0.05, 0.1) is 5.41 Å². The Hall–Kier alpha value is -3.13. The summed E-state index contributed by atoms with van der Waals surface area (Å²) in [5, 5.41) is 1.10. The number of nitrogens with one attached hydrogen (secondary N) is 3. The quantitative estimate of drug-likeness (QED) is 0.495. The topological polar surface area (TPSA) is 104 Å². The van der Waals surface area contributed by atoms with Gasteiger partial charge in [-0.15, -0.1) is 0 Å². The summed E-state index contributed by atoms with van der Waals surface area (Å²) in [5.74, 6) is 1.73. The van der Waals surface area contributed by atoms with E-state index in [1.165, 1.54) is 49.6 Å². The van der Waals surface area contributed by atoms with Crippen molar-refractivity contribution in [3.63, 3.8) is 0 Å². The molecule has 2 amide bonds. The third kappa shape index (κ3) is 5.75. The maximum Gasteiger partial charge on any atom is 0.269 e. The molecule has 4 bridgehead atoms. The Labute approximate surface area is 206 Å². The highest BCUT2D eigenvalue weighted by Gasteiger charge is 2.51. The van der Waals surface area contributed by atoms with Gasteiger partial charge in [0.15, 0.2) is 0 Å². The Morgan fingerprint density at radius 2 is 1.46 bits per heavy atom. The highest BCUT2D eigenvalue weighted by atomic mass is 32.2. The number of amides is 2. The van der Waals surface area contributed by atoms with Gasteiger partial charge < -0.3 is 0 Å². The molecular weight excluding hydrogens is 462 g/mol. The first kappa shape index (κ1) is 23.6. The second kappa shape index (κ2) is 9.49. The van der Waals surface area contributed by atoms with Gasteiger partial charge in [-0.1, -0.05) is 30.3 Å². The van der Waals surface area contributed by atoms with Crippen LogP contribution in [0.1, 0.15) is 60.9 Å². The fourth-order valence-corrected chi connectivity index (χ4v) is 7.58. The summed E-state index contributed by atoms with van der Waals surface area (Å²) in [5.41, 5.74) is 6.62. The zero-order chi connectivity index (χ0) is 24.5. The summed E-state index contributed by atoms with van der Waals surface area (Å²) >= 11 is 0. The average Bonchev–Trinajstić information content (AvgIpc) is 2.81. The molecule has 0 radical (unpaired) electrons. The summed E-state index contributed by atoms with van der Waals surface area (Å²) in [6.07, 6.45) is 9.37. The normalized spacial score (nSPS) is 27.0. The fraction of sp³-hybridized carbons (Fsp3) is 0.407. The van der Waals surface area contributed by atoms with Gasteiger partial charge in [-0.05, 0) is 97.6 Å². The van der Waals surface area contributed by atoms with Crippen LogP contribution in [0, 0.1) is 23.2 Å². The van der Waals surface area contributed by atoms with Crippen LogP contribution in [0.25, 0.3) is 6.08 Å². The van der Waals surface area contributed by atoms with Crippen molar-refractivity contribution in [2.45, 2.75) is 44.9 Å². The monoisotopic (exact) mass is 493 g/mol. The predicted octanol–water partition coefficient (Wildman–Crippen LogP) is 4.47. The molecule has 0 spiro atoms. The minimum atomic E-state index is -3.70. The SMILES string of the molecule is O=C(CC12CC3CC(CC(C3)C1)C2)NNC(=O)c1ccc(NS(=O)(=O)/C=C/c2ccccc2)cc1. The molecule has 4 aliphatic carbocycles. The molecule has 184 valence electrons. The first-order valence-electron chi connectivity index (χ1n) is 12.2. The molecule has 0 aromatic heterocycles. The molecule has 4 aliphatic rings. The van der Waals surface area contributed by atoms with Gasteiger partial charge >= 0.3 is 0 Å². The van der Waals surface area contributed by atoms with E-state index in [0.717, 1.165) is 48.0 Å². The number of carbonyl (C=O) groups is 2. The van der Waals surface area contributed by atoms with Gasteiger partial charge in [0, 0.05) is 17.7 Å². The average molecular weight is 494 g/mol. The van der Waals surface area contributed by atoms with Gasteiger partial charge in [-0.25, -0.2) is 8.42 Å². The van der Waals surface area contributed by atoms with Crippen molar-refractivity contribution >= 4 is 33.6 Å².